The van der Waals surface area contributed by atoms with Crippen LogP contribution in [0.3, 0.4) is 0 Å². The summed E-state index contributed by atoms with van der Waals surface area (Å²) in [6.07, 6.45) is -0.645. The molecule has 0 aliphatic rings. The van der Waals surface area contributed by atoms with E-state index >= 15 is 0 Å². The van der Waals surface area contributed by atoms with Crippen LogP contribution in [0.25, 0.3) is 0 Å². The molecule has 0 bridgehead atoms. The van der Waals surface area contributed by atoms with Crippen LogP contribution in [0.4, 0.5) is 0 Å². The maximum atomic E-state index is 9.74. The van der Waals surface area contributed by atoms with Crippen LogP contribution in [0.2, 0.25) is 10.0 Å². The van der Waals surface area contributed by atoms with Gasteiger partial charge in [-0.2, -0.15) is 0 Å². The maximum Gasteiger partial charge on any atom is 0.138 e. The van der Waals surface area contributed by atoms with Gasteiger partial charge < -0.3 is 19.8 Å². The molecule has 0 heterocycles. The van der Waals surface area contributed by atoms with Crippen molar-refractivity contribution in [2.75, 3.05) is 33.4 Å². The molecule has 18 heavy (non-hydrogen) atoms. The molecule has 0 radical (unpaired) electrons. The summed E-state index contributed by atoms with van der Waals surface area (Å²) < 4.78 is 5.40. The summed E-state index contributed by atoms with van der Waals surface area (Å²) in [6, 6.07) is 4.92. The Morgan fingerprint density at radius 2 is 2.11 bits per heavy atom. The summed E-state index contributed by atoms with van der Waals surface area (Å²) in [6.45, 7) is 1.13. The third kappa shape index (κ3) is 5.42. The van der Waals surface area contributed by atoms with Crippen molar-refractivity contribution in [3.05, 3.63) is 28.2 Å². The van der Waals surface area contributed by atoms with Gasteiger partial charge in [-0.05, 0) is 25.2 Å². The molecule has 1 atom stereocenters. The molecule has 0 saturated heterocycles. The Balaban J connectivity index is 2.40. The van der Waals surface area contributed by atoms with Crippen molar-refractivity contribution in [2.24, 2.45) is 0 Å². The Morgan fingerprint density at radius 3 is 2.72 bits per heavy atom. The van der Waals surface area contributed by atoms with Crippen LogP contribution in [0.5, 0.6) is 5.75 Å². The summed E-state index contributed by atoms with van der Waals surface area (Å²) in [5.41, 5.74) is 0. The van der Waals surface area contributed by atoms with E-state index in [1.807, 2.05) is 11.9 Å². The van der Waals surface area contributed by atoms with Crippen LogP contribution in [-0.4, -0.2) is 54.6 Å². The molecular weight excluding hydrogens is 277 g/mol. The standard InChI is InChI=1S/C12H17Cl2NO3/c1-15(4-5-16)7-10(17)8-18-12-3-2-9(13)6-11(12)14/h2-3,6,10,16-17H,4-5,7-8H2,1H3. The first-order chi connectivity index (χ1) is 8.52. The number of aliphatic hydroxyl groups excluding tert-OH is 2. The molecule has 2 N–H and O–H groups in total. The number of halogens is 2. The quantitative estimate of drug-likeness (QED) is 0.803. The smallest absolute Gasteiger partial charge is 0.138 e. The number of ether oxygens (including phenoxy) is 1. The molecule has 1 unspecified atom stereocenters. The normalized spacial score (nSPS) is 12.8. The van der Waals surface area contributed by atoms with Gasteiger partial charge in [0, 0.05) is 18.1 Å². The maximum absolute atomic E-state index is 9.74. The van der Waals surface area contributed by atoms with Crippen molar-refractivity contribution in [3.8, 4) is 5.75 Å². The van der Waals surface area contributed by atoms with Gasteiger partial charge >= 0.3 is 0 Å². The molecular formula is C12H17Cl2NO3. The first-order valence-electron chi connectivity index (χ1n) is 5.58. The molecule has 0 aliphatic carbocycles. The monoisotopic (exact) mass is 293 g/mol. The molecule has 4 nitrogen and oxygen atoms in total. The number of rotatable bonds is 7. The van der Waals surface area contributed by atoms with Gasteiger partial charge in [0.05, 0.1) is 11.6 Å². The largest absolute Gasteiger partial charge is 0.489 e. The minimum Gasteiger partial charge on any atom is -0.489 e. The molecule has 1 aromatic carbocycles. The zero-order chi connectivity index (χ0) is 13.5. The summed E-state index contributed by atoms with van der Waals surface area (Å²) in [5, 5.41) is 19.4. The second-order valence-electron chi connectivity index (χ2n) is 4.03. The van der Waals surface area contributed by atoms with E-state index in [2.05, 4.69) is 0 Å². The summed E-state index contributed by atoms with van der Waals surface area (Å²) >= 11 is 11.7. The average Bonchev–Trinajstić information content (AvgIpc) is 2.28. The lowest BCUT2D eigenvalue weighted by atomic mass is 10.3. The van der Waals surface area contributed by atoms with Crippen LogP contribution in [0.15, 0.2) is 18.2 Å². The van der Waals surface area contributed by atoms with Crippen molar-refractivity contribution >= 4 is 23.2 Å². The molecule has 0 fully saturated rings. The van der Waals surface area contributed by atoms with Crippen molar-refractivity contribution in [1.82, 2.24) is 4.90 Å². The molecule has 6 heteroatoms. The minimum atomic E-state index is -0.645. The lowest BCUT2D eigenvalue weighted by molar-refractivity contribution is 0.0711. The van der Waals surface area contributed by atoms with Gasteiger partial charge in [0.1, 0.15) is 18.5 Å². The summed E-state index contributed by atoms with van der Waals surface area (Å²) in [4.78, 5) is 1.82. The van der Waals surface area contributed by atoms with Crippen LogP contribution in [0.1, 0.15) is 0 Å². The second-order valence-corrected chi connectivity index (χ2v) is 4.87. The Morgan fingerprint density at radius 1 is 1.39 bits per heavy atom. The third-order valence-electron chi connectivity index (χ3n) is 2.33. The molecule has 0 saturated carbocycles. The van der Waals surface area contributed by atoms with Crippen molar-refractivity contribution in [2.45, 2.75) is 6.10 Å². The van der Waals surface area contributed by atoms with E-state index in [0.29, 0.717) is 28.9 Å². The highest BCUT2D eigenvalue weighted by atomic mass is 35.5. The lowest BCUT2D eigenvalue weighted by Gasteiger charge is -2.20. The van der Waals surface area contributed by atoms with Crippen LogP contribution in [-0.2, 0) is 0 Å². The van der Waals surface area contributed by atoms with Crippen molar-refractivity contribution in [1.29, 1.82) is 0 Å². The molecule has 1 aromatic rings. The van der Waals surface area contributed by atoms with Gasteiger partial charge in [-0.3, -0.25) is 0 Å². The molecule has 0 aromatic heterocycles. The zero-order valence-corrected chi connectivity index (χ0v) is 11.7. The fourth-order valence-electron chi connectivity index (χ4n) is 1.45. The third-order valence-corrected chi connectivity index (χ3v) is 2.86. The summed E-state index contributed by atoms with van der Waals surface area (Å²) in [7, 11) is 1.81. The van der Waals surface area contributed by atoms with Gasteiger partial charge in [0.2, 0.25) is 0 Å². The number of aliphatic hydroxyl groups is 2. The Kier molecular flexibility index (Phi) is 6.75. The summed E-state index contributed by atoms with van der Waals surface area (Å²) in [5.74, 6) is 0.491. The molecule has 0 aliphatic heterocycles. The second kappa shape index (κ2) is 7.81. The topological polar surface area (TPSA) is 52.9 Å². The predicted molar refractivity (Wildman–Crippen MR) is 72.5 cm³/mol. The van der Waals surface area contributed by atoms with E-state index < -0.39 is 6.10 Å². The van der Waals surface area contributed by atoms with Crippen molar-refractivity contribution in [3.63, 3.8) is 0 Å². The van der Waals surface area contributed by atoms with Gasteiger partial charge in [0.15, 0.2) is 0 Å². The lowest BCUT2D eigenvalue weighted by Crippen LogP contribution is -2.34. The molecule has 0 amide bonds. The Hall–Kier alpha value is -0.520. The van der Waals surface area contributed by atoms with Crippen molar-refractivity contribution < 1.29 is 14.9 Å². The molecule has 102 valence electrons. The Bertz CT molecular complexity index is 376. The zero-order valence-electron chi connectivity index (χ0n) is 10.1. The highest BCUT2D eigenvalue weighted by Gasteiger charge is 2.10. The van der Waals surface area contributed by atoms with E-state index in [0.717, 1.165) is 0 Å². The number of hydrogen-bond acceptors (Lipinski definition) is 4. The first kappa shape index (κ1) is 15.5. The fraction of sp³-hybridized carbons (Fsp3) is 0.500. The first-order valence-corrected chi connectivity index (χ1v) is 6.34. The van der Waals surface area contributed by atoms with E-state index in [9.17, 15) is 5.11 Å². The molecule has 0 spiro atoms. The van der Waals surface area contributed by atoms with Gasteiger partial charge in [-0.15, -0.1) is 0 Å². The van der Waals surface area contributed by atoms with Crippen LogP contribution < -0.4 is 4.74 Å². The van der Waals surface area contributed by atoms with E-state index in [1.54, 1.807) is 18.2 Å². The van der Waals surface area contributed by atoms with E-state index in [1.165, 1.54) is 0 Å². The predicted octanol–water partition coefficient (Wildman–Crippen LogP) is 1.66. The average molecular weight is 294 g/mol. The number of benzene rings is 1. The van der Waals surface area contributed by atoms with Crippen LogP contribution >= 0.6 is 23.2 Å². The number of hydrogen-bond donors (Lipinski definition) is 2. The SMILES string of the molecule is CN(CCO)CC(O)COc1ccc(Cl)cc1Cl. The Labute approximate surface area is 117 Å². The van der Waals surface area contributed by atoms with Gasteiger partial charge in [-0.25, -0.2) is 0 Å². The van der Waals surface area contributed by atoms with E-state index in [-0.39, 0.29) is 13.2 Å². The minimum absolute atomic E-state index is 0.0626. The van der Waals surface area contributed by atoms with Crippen LogP contribution in [0, 0.1) is 0 Å². The fourth-order valence-corrected chi connectivity index (χ4v) is 1.92. The highest BCUT2D eigenvalue weighted by Crippen LogP contribution is 2.27. The van der Waals surface area contributed by atoms with E-state index in [4.69, 9.17) is 33.0 Å². The van der Waals surface area contributed by atoms with Gasteiger partial charge in [0.25, 0.3) is 0 Å². The highest BCUT2D eigenvalue weighted by molar-refractivity contribution is 6.35. The number of likely N-dealkylation sites (N-methyl/N-ethyl adjacent to an activating group) is 1. The molecule has 1 rings (SSSR count). The number of nitrogens with zero attached hydrogens (tertiary/aromatic N) is 1. The van der Waals surface area contributed by atoms with Gasteiger partial charge in [-0.1, -0.05) is 23.2 Å².